The predicted molar refractivity (Wildman–Crippen MR) is 55.5 cm³/mol. The minimum Gasteiger partial charge on any atom is -0.496 e. The average molecular weight is 226 g/mol. The molecule has 2 aromatic carbocycles. The molecule has 2 aromatic rings. The molecule has 2 rings (SSSR count). The largest absolute Gasteiger partial charge is 0.496 e. The molecule has 0 saturated carbocycles. The molecule has 0 unspecified atom stereocenters. The van der Waals surface area contributed by atoms with Gasteiger partial charge >= 0.3 is 6.18 Å². The Hall–Kier alpha value is -1.71. The normalized spacial score (nSPS) is 11.8. The quantitative estimate of drug-likeness (QED) is 0.717. The first-order valence-electron chi connectivity index (χ1n) is 4.67. The van der Waals surface area contributed by atoms with Gasteiger partial charge in [0.15, 0.2) is 0 Å². The summed E-state index contributed by atoms with van der Waals surface area (Å²) in [6.45, 7) is 0. The smallest absolute Gasteiger partial charge is 0.417 e. The summed E-state index contributed by atoms with van der Waals surface area (Å²) in [4.78, 5) is 0. The Kier molecular flexibility index (Phi) is 2.50. The molecule has 0 aliphatic rings. The third-order valence-corrected chi connectivity index (χ3v) is 2.39. The van der Waals surface area contributed by atoms with Gasteiger partial charge in [0.05, 0.1) is 12.7 Å². The summed E-state index contributed by atoms with van der Waals surface area (Å²) in [7, 11) is 1.36. The van der Waals surface area contributed by atoms with Crippen molar-refractivity contribution in [2.45, 2.75) is 6.18 Å². The maximum Gasteiger partial charge on any atom is 0.417 e. The van der Waals surface area contributed by atoms with Crippen molar-refractivity contribution in [2.75, 3.05) is 7.11 Å². The number of benzene rings is 2. The first-order valence-corrected chi connectivity index (χ1v) is 4.67. The molecule has 1 nitrogen and oxygen atoms in total. The fourth-order valence-corrected chi connectivity index (χ4v) is 1.71. The summed E-state index contributed by atoms with van der Waals surface area (Å²) >= 11 is 0. The molecule has 0 heterocycles. The van der Waals surface area contributed by atoms with E-state index < -0.39 is 11.7 Å². The van der Waals surface area contributed by atoms with E-state index in [4.69, 9.17) is 4.74 Å². The lowest BCUT2D eigenvalue weighted by Gasteiger charge is -2.12. The second-order valence-electron chi connectivity index (χ2n) is 3.36. The second-order valence-corrected chi connectivity index (χ2v) is 3.36. The fraction of sp³-hybridized carbons (Fsp3) is 0.167. The monoisotopic (exact) mass is 226 g/mol. The van der Waals surface area contributed by atoms with Gasteiger partial charge in [-0.25, -0.2) is 0 Å². The zero-order valence-electron chi connectivity index (χ0n) is 8.51. The number of hydrogen-bond acceptors (Lipinski definition) is 1. The molecular formula is C12H9F3O. The van der Waals surface area contributed by atoms with E-state index in [1.54, 1.807) is 18.2 Å². The van der Waals surface area contributed by atoms with E-state index in [9.17, 15) is 13.2 Å². The summed E-state index contributed by atoms with van der Waals surface area (Å²) in [5.41, 5.74) is -0.664. The van der Waals surface area contributed by atoms with Gasteiger partial charge in [-0.1, -0.05) is 24.3 Å². The van der Waals surface area contributed by atoms with E-state index in [2.05, 4.69) is 0 Å². The van der Waals surface area contributed by atoms with Crippen molar-refractivity contribution in [1.29, 1.82) is 0 Å². The Bertz CT molecular complexity index is 512. The zero-order chi connectivity index (χ0) is 11.8. The maximum absolute atomic E-state index is 12.8. The van der Waals surface area contributed by atoms with E-state index in [-0.39, 0.29) is 11.1 Å². The van der Waals surface area contributed by atoms with Crippen molar-refractivity contribution in [3.8, 4) is 5.75 Å². The van der Waals surface area contributed by atoms with Crippen LogP contribution in [0.5, 0.6) is 5.75 Å². The number of ether oxygens (including phenoxy) is 1. The Morgan fingerprint density at radius 1 is 1.00 bits per heavy atom. The van der Waals surface area contributed by atoms with Gasteiger partial charge in [-0.15, -0.1) is 0 Å². The van der Waals surface area contributed by atoms with Gasteiger partial charge in [0.1, 0.15) is 5.75 Å². The van der Waals surface area contributed by atoms with Crippen LogP contribution in [0.15, 0.2) is 36.4 Å². The minimum absolute atomic E-state index is 0.111. The summed E-state index contributed by atoms with van der Waals surface area (Å²) in [5.74, 6) is 0.241. The standard InChI is InChI=1S/C12H9F3O/c1-16-10-7-3-5-8-4-2-6-9(11(8)10)12(13,14)15/h2-7H,1H3. The predicted octanol–water partition coefficient (Wildman–Crippen LogP) is 3.87. The van der Waals surface area contributed by atoms with Gasteiger partial charge in [0.2, 0.25) is 0 Å². The number of fused-ring (bicyclic) bond motifs is 1. The lowest BCUT2D eigenvalue weighted by molar-refractivity contribution is -0.136. The molecular weight excluding hydrogens is 217 g/mol. The van der Waals surface area contributed by atoms with Gasteiger partial charge in [-0.05, 0) is 17.5 Å². The van der Waals surface area contributed by atoms with Crippen molar-refractivity contribution in [3.05, 3.63) is 42.0 Å². The highest BCUT2D eigenvalue weighted by Crippen LogP contribution is 2.38. The Morgan fingerprint density at radius 3 is 2.19 bits per heavy atom. The molecule has 0 fully saturated rings. The van der Waals surface area contributed by atoms with Crippen molar-refractivity contribution < 1.29 is 17.9 Å². The highest BCUT2D eigenvalue weighted by atomic mass is 19.4. The van der Waals surface area contributed by atoms with Crippen LogP contribution in [-0.2, 0) is 6.18 Å². The van der Waals surface area contributed by atoms with Crippen LogP contribution in [0.1, 0.15) is 5.56 Å². The van der Waals surface area contributed by atoms with E-state index in [1.807, 2.05) is 0 Å². The van der Waals surface area contributed by atoms with Crippen LogP contribution in [0.25, 0.3) is 10.8 Å². The van der Waals surface area contributed by atoms with Crippen LogP contribution in [0.4, 0.5) is 13.2 Å². The number of rotatable bonds is 1. The van der Waals surface area contributed by atoms with E-state index in [0.717, 1.165) is 6.07 Å². The summed E-state index contributed by atoms with van der Waals surface area (Å²) in [5, 5.41) is 0.633. The SMILES string of the molecule is COc1cccc2cccc(C(F)(F)F)c12. The molecule has 0 atom stereocenters. The van der Waals surface area contributed by atoms with Crippen LogP contribution >= 0.6 is 0 Å². The summed E-state index contributed by atoms with van der Waals surface area (Å²) < 4.78 is 43.3. The van der Waals surface area contributed by atoms with Crippen LogP contribution in [0.2, 0.25) is 0 Å². The van der Waals surface area contributed by atoms with Crippen LogP contribution in [0.3, 0.4) is 0 Å². The highest BCUT2D eigenvalue weighted by molar-refractivity contribution is 5.91. The molecule has 0 bridgehead atoms. The third-order valence-electron chi connectivity index (χ3n) is 2.39. The van der Waals surface area contributed by atoms with Crippen molar-refractivity contribution in [2.24, 2.45) is 0 Å². The highest BCUT2D eigenvalue weighted by Gasteiger charge is 2.33. The van der Waals surface area contributed by atoms with Crippen LogP contribution < -0.4 is 4.74 Å². The second kappa shape index (κ2) is 3.70. The van der Waals surface area contributed by atoms with Gasteiger partial charge < -0.3 is 4.74 Å². The topological polar surface area (TPSA) is 9.23 Å². The van der Waals surface area contributed by atoms with E-state index >= 15 is 0 Å². The number of halogens is 3. The molecule has 0 aliphatic heterocycles. The molecule has 0 spiro atoms. The number of alkyl halides is 3. The minimum atomic E-state index is -4.37. The Labute approximate surface area is 90.5 Å². The lowest BCUT2D eigenvalue weighted by atomic mass is 10.0. The first kappa shape index (κ1) is 10.8. The fourth-order valence-electron chi connectivity index (χ4n) is 1.71. The number of methoxy groups -OCH3 is 1. The van der Waals surface area contributed by atoms with Gasteiger partial charge in [0.25, 0.3) is 0 Å². The molecule has 0 amide bonds. The molecule has 84 valence electrons. The first-order chi connectivity index (χ1) is 7.54. The molecule has 4 heteroatoms. The van der Waals surface area contributed by atoms with Crippen molar-refractivity contribution >= 4 is 10.8 Å². The molecule has 0 N–H and O–H groups in total. The number of hydrogen-bond donors (Lipinski definition) is 0. The summed E-state index contributed by atoms with van der Waals surface area (Å²) in [6, 6.07) is 8.91. The third kappa shape index (κ3) is 1.71. The van der Waals surface area contributed by atoms with Crippen LogP contribution in [0, 0.1) is 0 Å². The zero-order valence-corrected chi connectivity index (χ0v) is 8.51. The lowest BCUT2D eigenvalue weighted by Crippen LogP contribution is -2.06. The Balaban J connectivity index is 2.84. The molecule has 0 aromatic heterocycles. The Morgan fingerprint density at radius 2 is 1.62 bits per heavy atom. The van der Waals surface area contributed by atoms with Crippen molar-refractivity contribution in [1.82, 2.24) is 0 Å². The van der Waals surface area contributed by atoms with Crippen molar-refractivity contribution in [3.63, 3.8) is 0 Å². The summed E-state index contributed by atoms with van der Waals surface area (Å²) in [6.07, 6.45) is -4.37. The average Bonchev–Trinajstić information content (AvgIpc) is 2.26. The molecule has 0 aliphatic carbocycles. The van der Waals surface area contributed by atoms with Gasteiger partial charge in [-0.3, -0.25) is 0 Å². The molecule has 0 saturated heterocycles. The van der Waals surface area contributed by atoms with Crippen LogP contribution in [-0.4, -0.2) is 7.11 Å². The van der Waals surface area contributed by atoms with E-state index in [0.29, 0.717) is 5.39 Å². The van der Waals surface area contributed by atoms with Gasteiger partial charge in [-0.2, -0.15) is 13.2 Å². The molecule has 0 radical (unpaired) electrons. The maximum atomic E-state index is 12.8. The van der Waals surface area contributed by atoms with E-state index in [1.165, 1.54) is 19.2 Å². The van der Waals surface area contributed by atoms with Gasteiger partial charge in [0, 0.05) is 5.39 Å². The molecule has 16 heavy (non-hydrogen) atoms.